The van der Waals surface area contributed by atoms with Gasteiger partial charge in [0, 0.05) is 46.6 Å². The molecule has 1 atom stereocenters. The number of aliphatic hydroxyl groups excluding tert-OH is 1. The Morgan fingerprint density at radius 1 is 0.875 bits per heavy atom. The first-order chi connectivity index (χ1) is 23.6. The summed E-state index contributed by atoms with van der Waals surface area (Å²) in [5, 5.41) is 24.0. The lowest BCUT2D eigenvalue weighted by Gasteiger charge is -2.27. The molecule has 3 aromatic heterocycles. The fourth-order valence-corrected chi connectivity index (χ4v) is 7.45. The molecule has 8 rings (SSSR count). The van der Waals surface area contributed by atoms with E-state index in [2.05, 4.69) is 43.5 Å². The lowest BCUT2D eigenvalue weighted by molar-refractivity contribution is 0.109. The highest BCUT2D eigenvalue weighted by Gasteiger charge is 2.22. The normalized spacial score (nSPS) is 16.5. The fourth-order valence-electron chi connectivity index (χ4n) is 7.45. The Morgan fingerprint density at radius 3 is 2.62 bits per heavy atom. The van der Waals surface area contributed by atoms with Gasteiger partial charge in [-0.05, 0) is 97.9 Å². The maximum absolute atomic E-state index is 14.9. The van der Waals surface area contributed by atoms with Crippen LogP contribution in [0.15, 0.2) is 79.1 Å². The smallest absolute Gasteiger partial charge is 0.127 e. The lowest BCUT2D eigenvalue weighted by atomic mass is 9.88. The molecule has 4 N–H and O–H groups in total. The fraction of sp³-hybridized carbons (Fsp3) is 0.333. The van der Waals surface area contributed by atoms with Crippen LogP contribution < -0.4 is 10.1 Å². The molecule has 0 radical (unpaired) electrons. The van der Waals surface area contributed by atoms with Gasteiger partial charge in [-0.25, -0.2) is 4.39 Å². The second-order valence-electron chi connectivity index (χ2n) is 13.3. The van der Waals surface area contributed by atoms with Crippen LogP contribution in [-0.2, 0) is 0 Å². The van der Waals surface area contributed by atoms with Crippen LogP contribution in [0.2, 0.25) is 0 Å². The molecular weight excluding hydrogens is 603 g/mol. The molecular formula is C39H41FN6O2. The monoisotopic (exact) mass is 644 g/mol. The van der Waals surface area contributed by atoms with Gasteiger partial charge >= 0.3 is 0 Å². The Bertz CT molecular complexity index is 2040. The predicted octanol–water partition coefficient (Wildman–Crippen LogP) is 8.36. The van der Waals surface area contributed by atoms with E-state index in [1.165, 1.54) is 38.2 Å². The third kappa shape index (κ3) is 6.40. The van der Waals surface area contributed by atoms with Crippen LogP contribution >= 0.6 is 0 Å². The Labute approximate surface area is 279 Å². The van der Waals surface area contributed by atoms with Crippen molar-refractivity contribution in [3.8, 4) is 39.4 Å². The number of H-pyrrole nitrogens is 2. The largest absolute Gasteiger partial charge is 0.492 e. The summed E-state index contributed by atoms with van der Waals surface area (Å²) in [4.78, 5) is 10.4. The van der Waals surface area contributed by atoms with Crippen LogP contribution in [0.1, 0.15) is 44.9 Å². The number of aromatic amines is 2. The van der Waals surface area contributed by atoms with E-state index in [1.807, 2.05) is 42.6 Å². The number of pyridine rings is 1. The molecule has 1 saturated carbocycles. The van der Waals surface area contributed by atoms with Crippen molar-refractivity contribution in [2.45, 2.75) is 51.2 Å². The summed E-state index contributed by atoms with van der Waals surface area (Å²) in [5.41, 5.74) is 7.97. The predicted molar refractivity (Wildman–Crippen MR) is 189 cm³/mol. The number of anilines is 1. The van der Waals surface area contributed by atoms with E-state index in [9.17, 15) is 9.50 Å². The topological polar surface area (TPSA) is 102 Å². The van der Waals surface area contributed by atoms with Crippen molar-refractivity contribution in [3.63, 3.8) is 0 Å². The van der Waals surface area contributed by atoms with Gasteiger partial charge in [0.1, 0.15) is 30.1 Å². The van der Waals surface area contributed by atoms with Crippen LogP contribution in [-0.4, -0.2) is 62.6 Å². The Kier molecular flexibility index (Phi) is 8.55. The minimum absolute atomic E-state index is 0.269. The minimum atomic E-state index is -0.580. The molecule has 1 unspecified atom stereocenters. The molecule has 1 aliphatic heterocycles. The number of nitrogens with one attached hydrogen (secondary N) is 3. The molecule has 246 valence electrons. The maximum Gasteiger partial charge on any atom is 0.127 e. The van der Waals surface area contributed by atoms with Gasteiger partial charge in [-0.3, -0.25) is 15.0 Å². The number of ether oxygens (including phenoxy) is 1. The average Bonchev–Trinajstić information content (AvgIpc) is 3.88. The zero-order valence-electron chi connectivity index (χ0n) is 27.0. The van der Waals surface area contributed by atoms with E-state index in [0.29, 0.717) is 12.4 Å². The van der Waals surface area contributed by atoms with Crippen LogP contribution in [0.25, 0.3) is 55.4 Å². The number of hydrogen-bond donors (Lipinski definition) is 4. The highest BCUT2D eigenvalue weighted by Crippen LogP contribution is 2.37. The van der Waals surface area contributed by atoms with Gasteiger partial charge in [-0.2, -0.15) is 5.10 Å². The van der Waals surface area contributed by atoms with Crippen molar-refractivity contribution in [2.75, 3.05) is 31.6 Å². The van der Waals surface area contributed by atoms with Crippen LogP contribution in [0, 0.1) is 11.7 Å². The maximum atomic E-state index is 14.9. The molecule has 2 aliphatic rings. The van der Waals surface area contributed by atoms with Crippen molar-refractivity contribution in [2.24, 2.45) is 5.92 Å². The third-order valence-electron chi connectivity index (χ3n) is 10.0. The summed E-state index contributed by atoms with van der Waals surface area (Å²) in [6.07, 6.45) is 11.2. The van der Waals surface area contributed by atoms with Gasteiger partial charge in [-0.15, -0.1) is 0 Å². The van der Waals surface area contributed by atoms with Gasteiger partial charge in [0.15, 0.2) is 0 Å². The quantitative estimate of drug-likeness (QED) is 0.112. The van der Waals surface area contributed by atoms with Gasteiger partial charge in [0.2, 0.25) is 0 Å². The summed E-state index contributed by atoms with van der Waals surface area (Å²) in [7, 11) is 0. The number of halogens is 1. The molecule has 4 heterocycles. The molecule has 0 bridgehead atoms. The van der Waals surface area contributed by atoms with E-state index in [4.69, 9.17) is 9.84 Å². The van der Waals surface area contributed by atoms with Gasteiger partial charge in [-0.1, -0.05) is 37.5 Å². The lowest BCUT2D eigenvalue weighted by Crippen LogP contribution is -2.30. The Balaban J connectivity index is 1.07. The van der Waals surface area contributed by atoms with E-state index in [0.717, 1.165) is 93.6 Å². The van der Waals surface area contributed by atoms with Crippen molar-refractivity contribution in [1.82, 2.24) is 25.1 Å². The van der Waals surface area contributed by atoms with Crippen LogP contribution in [0.5, 0.6) is 5.75 Å². The van der Waals surface area contributed by atoms with E-state index >= 15 is 0 Å². The second kappa shape index (κ2) is 13.4. The second-order valence-corrected chi connectivity index (χ2v) is 13.3. The number of rotatable bonds is 10. The summed E-state index contributed by atoms with van der Waals surface area (Å²) < 4.78 is 20.9. The minimum Gasteiger partial charge on any atom is -0.492 e. The highest BCUT2D eigenvalue weighted by molar-refractivity contribution is 6.02. The molecule has 8 nitrogen and oxygen atoms in total. The van der Waals surface area contributed by atoms with Crippen molar-refractivity contribution < 1.29 is 14.2 Å². The molecule has 0 amide bonds. The zero-order valence-corrected chi connectivity index (χ0v) is 27.0. The molecule has 0 spiro atoms. The summed E-state index contributed by atoms with van der Waals surface area (Å²) in [6, 6.07) is 21.3. The molecule has 9 heteroatoms. The third-order valence-corrected chi connectivity index (χ3v) is 10.0. The number of nitrogens with zero attached hydrogens (tertiary/aromatic N) is 3. The molecule has 1 saturated heterocycles. The van der Waals surface area contributed by atoms with Crippen LogP contribution in [0.3, 0.4) is 0 Å². The number of benzene rings is 3. The summed E-state index contributed by atoms with van der Waals surface area (Å²) in [6.45, 7) is 3.60. The first kappa shape index (κ1) is 30.6. The van der Waals surface area contributed by atoms with Crippen molar-refractivity contribution in [1.29, 1.82) is 0 Å². The Morgan fingerprint density at radius 2 is 1.75 bits per heavy atom. The van der Waals surface area contributed by atoms with Gasteiger partial charge in [0.05, 0.1) is 23.1 Å². The van der Waals surface area contributed by atoms with E-state index in [-0.39, 0.29) is 11.7 Å². The number of fused-ring (bicyclic) bond motifs is 2. The molecule has 1 aliphatic carbocycles. The molecule has 48 heavy (non-hydrogen) atoms. The van der Waals surface area contributed by atoms with Gasteiger partial charge < -0.3 is 20.1 Å². The first-order valence-corrected chi connectivity index (χ1v) is 17.2. The molecule has 2 fully saturated rings. The van der Waals surface area contributed by atoms with Gasteiger partial charge in [0.25, 0.3) is 0 Å². The first-order valence-electron chi connectivity index (χ1n) is 17.2. The Hall–Kier alpha value is -4.73. The summed E-state index contributed by atoms with van der Waals surface area (Å²) >= 11 is 0. The summed E-state index contributed by atoms with van der Waals surface area (Å²) in [5.74, 6) is 0.490. The molecule has 6 aromatic rings. The SMILES string of the molecule is OC(Nc1cncc(-c2ccc3[nH]nc(-c4cc5c(-c6cc(F)cc(OCCN7CCCC7)c6)cccc5[nH]4)c3c2)c1)C1CCCCC1. The molecule has 3 aromatic carbocycles. The number of aromatic nitrogens is 4. The number of aliphatic hydroxyl groups is 1. The standard InChI is InChI=1S/C39H41FN6O2/c40-29-17-27(19-31(21-29)48-16-15-46-13-4-5-14-46)32-9-6-10-35-33(32)22-37(43-35)38-34-20-26(11-12-36(34)44-45-38)28-18-30(24-41-23-28)42-39(47)25-7-2-1-3-8-25/h6,9-12,17-25,39,42-43,47H,1-5,7-8,13-16H2,(H,44,45). The van der Waals surface area contributed by atoms with Crippen molar-refractivity contribution >= 4 is 27.5 Å². The highest BCUT2D eigenvalue weighted by atomic mass is 19.1. The number of likely N-dealkylation sites (tertiary alicyclic amines) is 1. The zero-order chi connectivity index (χ0) is 32.5. The van der Waals surface area contributed by atoms with Crippen LogP contribution in [0.4, 0.5) is 10.1 Å². The van der Waals surface area contributed by atoms with E-state index < -0.39 is 6.23 Å². The van der Waals surface area contributed by atoms with Crippen molar-refractivity contribution in [3.05, 3.63) is 84.9 Å². The number of hydrogen-bond acceptors (Lipinski definition) is 6. The van der Waals surface area contributed by atoms with E-state index in [1.54, 1.807) is 12.3 Å². The average molecular weight is 645 g/mol.